The molecule has 0 unspecified atom stereocenters. The Kier molecular flexibility index (Phi) is 10.9. The van der Waals surface area contributed by atoms with Gasteiger partial charge in [0, 0.05) is 11.4 Å². The normalized spacial score (nSPS) is 18.1. The predicted octanol–water partition coefficient (Wildman–Crippen LogP) is 5.83. The molecule has 0 atom stereocenters. The van der Waals surface area contributed by atoms with Crippen LogP contribution in [-0.4, -0.2) is 25.5 Å². The number of hydrogen-bond donors (Lipinski definition) is 0. The van der Waals surface area contributed by atoms with Crippen molar-refractivity contribution in [2.45, 2.75) is 62.7 Å². The van der Waals surface area contributed by atoms with Gasteiger partial charge in [-0.1, -0.05) is 33.6 Å². The standard InChI is InChI=1S/C18H27O2P.CH3.ClH.Pd/c1-19-14-11-12-18(17(13-14)20-2)21(15-7-3-4-8-15)16-9-5-6-10-16;;;/h11-13,15-16H,3-10H2,1-2H3;1H3;1H;/q;-1;;+2/p-1. The molecule has 0 amide bonds. The Hall–Kier alpha value is 0.202. The van der Waals surface area contributed by atoms with Crippen LogP contribution in [0.3, 0.4) is 0 Å². The molecule has 0 spiro atoms. The molecule has 0 saturated heterocycles. The van der Waals surface area contributed by atoms with Gasteiger partial charge in [-0.2, -0.15) is 0 Å². The Bertz CT molecular complexity index is 458. The first-order valence-electron chi connectivity index (χ1n) is 8.46. The van der Waals surface area contributed by atoms with E-state index in [1.165, 1.54) is 56.7 Å². The Morgan fingerprint density at radius 2 is 1.42 bits per heavy atom. The molecule has 0 N–H and O–H groups in total. The molecule has 5 heteroatoms. The Balaban J connectivity index is 0.000000925. The summed E-state index contributed by atoms with van der Waals surface area (Å²) >= 11 is 2.22. The first-order valence-corrected chi connectivity index (χ1v) is 11.9. The maximum absolute atomic E-state index is 5.72. The van der Waals surface area contributed by atoms with E-state index in [0.29, 0.717) is 0 Å². The molecule has 2 saturated carbocycles. The molecule has 2 aliphatic rings. The second-order valence-corrected chi connectivity index (χ2v) is 9.08. The number of methoxy groups -OCH3 is 2. The second-order valence-electron chi connectivity index (χ2n) is 6.32. The molecule has 0 radical (unpaired) electrons. The van der Waals surface area contributed by atoms with Crippen LogP contribution in [0.25, 0.3) is 0 Å². The quantitative estimate of drug-likeness (QED) is 0.311. The summed E-state index contributed by atoms with van der Waals surface area (Å²) in [6.07, 6.45) is 11.4. The molecule has 2 fully saturated rings. The minimum atomic E-state index is -0.0826. The van der Waals surface area contributed by atoms with Gasteiger partial charge in [-0.3, -0.25) is 0 Å². The molecule has 2 aliphatic carbocycles. The van der Waals surface area contributed by atoms with Crippen molar-refractivity contribution >= 4 is 22.8 Å². The van der Waals surface area contributed by atoms with E-state index in [4.69, 9.17) is 9.47 Å². The van der Waals surface area contributed by atoms with Crippen LogP contribution in [0.4, 0.5) is 0 Å². The van der Waals surface area contributed by atoms with E-state index in [9.17, 15) is 0 Å². The molecule has 1 aromatic carbocycles. The van der Waals surface area contributed by atoms with Gasteiger partial charge in [0.2, 0.25) is 0 Å². The van der Waals surface area contributed by atoms with Crippen molar-refractivity contribution in [3.8, 4) is 11.5 Å². The number of hydrogen-bond acceptors (Lipinski definition) is 2. The molecule has 0 aliphatic heterocycles. The van der Waals surface area contributed by atoms with E-state index >= 15 is 0 Å². The number of halogens is 1. The van der Waals surface area contributed by atoms with Gasteiger partial charge >= 0.3 is 27.7 Å². The first kappa shape index (κ1) is 22.2. The van der Waals surface area contributed by atoms with Crippen LogP contribution in [0.1, 0.15) is 51.4 Å². The van der Waals surface area contributed by atoms with Crippen molar-refractivity contribution in [3.05, 3.63) is 25.6 Å². The summed E-state index contributed by atoms with van der Waals surface area (Å²) in [5.41, 5.74) is 1.84. The molecule has 24 heavy (non-hydrogen) atoms. The Morgan fingerprint density at radius 3 is 1.83 bits per heavy atom. The number of benzene rings is 1. The van der Waals surface area contributed by atoms with E-state index in [1.54, 1.807) is 14.2 Å². The first-order chi connectivity index (χ1) is 11.3. The zero-order valence-electron chi connectivity index (χ0n) is 15.0. The van der Waals surface area contributed by atoms with Gasteiger partial charge in [0.05, 0.1) is 14.2 Å². The van der Waals surface area contributed by atoms with Crippen molar-refractivity contribution in [3.63, 3.8) is 0 Å². The van der Waals surface area contributed by atoms with Crippen LogP contribution >= 0.6 is 17.5 Å². The van der Waals surface area contributed by atoms with Crippen LogP contribution in [0.15, 0.2) is 18.2 Å². The number of rotatable bonds is 5. The second kappa shape index (κ2) is 11.7. The van der Waals surface area contributed by atoms with Crippen LogP contribution in [0, 0.1) is 7.43 Å². The van der Waals surface area contributed by atoms with Crippen molar-refractivity contribution in [2.24, 2.45) is 0 Å². The van der Waals surface area contributed by atoms with E-state index in [1.807, 2.05) is 0 Å². The summed E-state index contributed by atoms with van der Waals surface area (Å²) in [5.74, 6) is 1.96. The molecule has 0 bridgehead atoms. The van der Waals surface area contributed by atoms with Gasteiger partial charge in [-0.05, 0) is 49.1 Å². The molecular weight excluding hydrogens is 433 g/mol. The average molecular weight is 463 g/mol. The van der Waals surface area contributed by atoms with Crippen LogP contribution < -0.4 is 14.8 Å². The van der Waals surface area contributed by atoms with Gasteiger partial charge in [0.15, 0.2) is 0 Å². The Labute approximate surface area is 164 Å². The Morgan fingerprint density at radius 1 is 0.917 bits per heavy atom. The molecule has 0 heterocycles. The summed E-state index contributed by atoms with van der Waals surface area (Å²) in [6.45, 7) is 0. The van der Waals surface area contributed by atoms with Gasteiger partial charge in [0.25, 0.3) is 0 Å². The molecule has 3 rings (SSSR count). The summed E-state index contributed by atoms with van der Waals surface area (Å²) in [7, 11) is 7.93. The molecule has 140 valence electrons. The summed E-state index contributed by atoms with van der Waals surface area (Å²) < 4.78 is 11.1. The zero-order valence-corrected chi connectivity index (χ0v) is 18.2. The van der Waals surface area contributed by atoms with Crippen molar-refractivity contribution in [1.29, 1.82) is 0 Å². The fourth-order valence-electron chi connectivity index (χ4n) is 4.05. The van der Waals surface area contributed by atoms with Gasteiger partial charge in [-0.15, -0.1) is 0 Å². The fraction of sp³-hybridized carbons (Fsp3) is 0.632. The molecule has 2 nitrogen and oxygen atoms in total. The fourth-order valence-corrected chi connectivity index (χ4v) is 7.94. The molecular formula is C19H30ClO2PPd. The van der Waals surface area contributed by atoms with Gasteiger partial charge in [0.1, 0.15) is 11.5 Å². The summed E-state index contributed by atoms with van der Waals surface area (Å²) in [5, 5.41) is 1.49. The van der Waals surface area contributed by atoms with Crippen LogP contribution in [-0.2, 0) is 18.2 Å². The third-order valence-corrected chi connectivity index (χ3v) is 8.63. The SMILES string of the molecule is COc1ccc(P(C2CCCC2)C2CCCC2)c(OC)c1.[CH3-].[Cl][Pd+]. The van der Waals surface area contributed by atoms with Crippen molar-refractivity contribution < 1.29 is 27.7 Å². The third-order valence-electron chi connectivity index (χ3n) is 5.10. The topological polar surface area (TPSA) is 18.5 Å². The molecule has 1 aromatic rings. The van der Waals surface area contributed by atoms with E-state index in [0.717, 1.165) is 22.8 Å². The number of ether oxygens (including phenoxy) is 2. The monoisotopic (exact) mass is 462 g/mol. The van der Waals surface area contributed by atoms with Gasteiger partial charge in [-0.25, -0.2) is 0 Å². The van der Waals surface area contributed by atoms with Gasteiger partial charge < -0.3 is 16.9 Å². The van der Waals surface area contributed by atoms with E-state index in [2.05, 4.69) is 45.9 Å². The predicted molar refractivity (Wildman–Crippen MR) is 103 cm³/mol. The van der Waals surface area contributed by atoms with E-state index < -0.39 is 0 Å². The summed E-state index contributed by atoms with van der Waals surface area (Å²) in [6, 6.07) is 6.49. The summed E-state index contributed by atoms with van der Waals surface area (Å²) in [4.78, 5) is 0. The van der Waals surface area contributed by atoms with Crippen LogP contribution in [0.5, 0.6) is 11.5 Å². The van der Waals surface area contributed by atoms with Crippen molar-refractivity contribution in [1.82, 2.24) is 0 Å². The average Bonchev–Trinajstić information content (AvgIpc) is 3.31. The van der Waals surface area contributed by atoms with Crippen molar-refractivity contribution in [2.75, 3.05) is 14.2 Å². The molecule has 0 aromatic heterocycles. The van der Waals surface area contributed by atoms with E-state index in [-0.39, 0.29) is 15.3 Å². The third kappa shape index (κ3) is 5.35. The zero-order chi connectivity index (χ0) is 16.7. The van der Waals surface area contributed by atoms with Crippen LogP contribution in [0.2, 0.25) is 0 Å². The minimum absolute atomic E-state index is 0. The maximum atomic E-state index is 5.72.